The van der Waals surface area contributed by atoms with E-state index in [-0.39, 0.29) is 0 Å². The maximum atomic E-state index is 10.6. The summed E-state index contributed by atoms with van der Waals surface area (Å²) in [5.74, 6) is -0.738. The van der Waals surface area contributed by atoms with Crippen LogP contribution in [0.2, 0.25) is 0 Å². The minimum absolute atomic E-state index is 0.354. The maximum absolute atomic E-state index is 10.6. The van der Waals surface area contributed by atoms with Crippen LogP contribution in [-0.2, 0) is 9.59 Å². The van der Waals surface area contributed by atoms with Crippen molar-refractivity contribution >= 4 is 24.1 Å². The first-order valence-corrected chi connectivity index (χ1v) is 10.0. The highest BCUT2D eigenvalue weighted by molar-refractivity contribution is 5.91. The molecule has 2 aromatic rings. The van der Waals surface area contributed by atoms with Crippen molar-refractivity contribution in [2.75, 3.05) is 0 Å². The number of carbonyl (C=O) groups is 2. The Hall–Kier alpha value is -3.14. The second-order valence-corrected chi connectivity index (χ2v) is 7.91. The van der Waals surface area contributed by atoms with E-state index in [0.717, 1.165) is 11.1 Å². The third kappa shape index (κ3) is 8.48. The fraction of sp³-hybridized carbons (Fsp3) is 0.308. The van der Waals surface area contributed by atoms with Crippen LogP contribution in [0.5, 0.6) is 0 Å². The topological polar surface area (TPSA) is 74.6 Å². The fourth-order valence-corrected chi connectivity index (χ4v) is 2.58. The van der Waals surface area contributed by atoms with Crippen LogP contribution in [0.25, 0.3) is 12.2 Å². The van der Waals surface area contributed by atoms with Crippen LogP contribution in [0.15, 0.2) is 59.7 Å². The second kappa shape index (κ2) is 11.8. The lowest BCUT2D eigenvalue weighted by molar-refractivity contribution is -0.133. The Morgan fingerprint density at radius 3 is 1.10 bits per heavy atom. The van der Waals surface area contributed by atoms with Crippen molar-refractivity contribution in [3.63, 3.8) is 0 Å². The first kappa shape index (κ1) is 24.9. The van der Waals surface area contributed by atoms with Crippen molar-refractivity contribution in [2.24, 2.45) is 0 Å². The zero-order valence-electron chi connectivity index (χ0n) is 18.6. The van der Waals surface area contributed by atoms with Gasteiger partial charge in [0.2, 0.25) is 0 Å². The highest BCUT2D eigenvalue weighted by atomic mass is 16.4. The third-order valence-corrected chi connectivity index (χ3v) is 4.65. The lowest BCUT2D eigenvalue weighted by Gasteiger charge is -2.04. The van der Waals surface area contributed by atoms with E-state index < -0.39 is 11.9 Å². The molecular weight excluding hydrogens is 376 g/mol. The molecule has 2 aromatic carbocycles. The molecule has 0 amide bonds. The Labute approximate surface area is 179 Å². The Morgan fingerprint density at radius 1 is 0.633 bits per heavy atom. The Bertz CT molecular complexity index is 822. The fourth-order valence-electron chi connectivity index (χ4n) is 2.58. The summed E-state index contributed by atoms with van der Waals surface area (Å²) >= 11 is 0. The van der Waals surface area contributed by atoms with Crippen molar-refractivity contribution in [2.45, 2.75) is 53.4 Å². The summed E-state index contributed by atoms with van der Waals surface area (Å²) in [6, 6.07) is 15.9. The molecule has 0 radical (unpaired) electrons. The summed E-state index contributed by atoms with van der Waals surface area (Å²) in [5.41, 5.74) is 5.10. The number of carboxylic acid groups (broad SMARTS) is 2. The Kier molecular flexibility index (Phi) is 9.76. The quantitative estimate of drug-likeness (QED) is 0.528. The largest absolute Gasteiger partial charge is 0.478 e. The molecule has 0 aliphatic heterocycles. The van der Waals surface area contributed by atoms with Gasteiger partial charge in [-0.3, -0.25) is 0 Å². The zero-order chi connectivity index (χ0) is 22.8. The van der Waals surface area contributed by atoms with Crippen LogP contribution < -0.4 is 0 Å². The minimum atomic E-state index is -0.872. The number of benzene rings is 2. The van der Waals surface area contributed by atoms with Crippen molar-refractivity contribution in [1.82, 2.24) is 0 Å². The monoisotopic (exact) mass is 408 g/mol. The van der Waals surface area contributed by atoms with E-state index >= 15 is 0 Å². The van der Waals surface area contributed by atoms with Gasteiger partial charge in [-0.2, -0.15) is 0 Å². The molecule has 0 heterocycles. The van der Waals surface area contributed by atoms with Crippen molar-refractivity contribution in [3.8, 4) is 0 Å². The summed E-state index contributed by atoms with van der Waals surface area (Å²) in [6.45, 7) is 11.7. The molecule has 160 valence electrons. The third-order valence-electron chi connectivity index (χ3n) is 4.65. The molecule has 0 bridgehead atoms. The average Bonchev–Trinajstić information content (AvgIpc) is 2.69. The summed E-state index contributed by atoms with van der Waals surface area (Å²) in [6.07, 6.45) is 3.35. The van der Waals surface area contributed by atoms with Crippen LogP contribution in [0.4, 0.5) is 0 Å². The lowest BCUT2D eigenvalue weighted by atomic mass is 10.0. The van der Waals surface area contributed by atoms with Gasteiger partial charge < -0.3 is 10.2 Å². The molecule has 2 N–H and O–H groups in total. The van der Waals surface area contributed by atoms with Gasteiger partial charge in [-0.05, 0) is 60.1 Å². The molecule has 2 rings (SSSR count). The lowest BCUT2D eigenvalue weighted by Crippen LogP contribution is -1.95. The van der Waals surface area contributed by atoms with E-state index in [9.17, 15) is 9.59 Å². The van der Waals surface area contributed by atoms with E-state index in [2.05, 4.69) is 27.7 Å². The second-order valence-electron chi connectivity index (χ2n) is 7.91. The van der Waals surface area contributed by atoms with Gasteiger partial charge in [-0.1, -0.05) is 76.2 Å². The minimum Gasteiger partial charge on any atom is -0.478 e. The average molecular weight is 409 g/mol. The molecule has 0 aliphatic rings. The number of hydrogen-bond donors (Lipinski definition) is 2. The number of aliphatic carboxylic acids is 2. The van der Waals surface area contributed by atoms with Gasteiger partial charge in [0.1, 0.15) is 0 Å². The van der Waals surface area contributed by atoms with Gasteiger partial charge in [0.05, 0.1) is 0 Å². The molecule has 0 aliphatic carbocycles. The van der Waals surface area contributed by atoms with Crippen LogP contribution >= 0.6 is 0 Å². The van der Waals surface area contributed by atoms with E-state index in [4.69, 9.17) is 10.2 Å². The predicted octanol–water partition coefficient (Wildman–Crippen LogP) is 6.60. The van der Waals surface area contributed by atoms with Gasteiger partial charge in [-0.25, -0.2) is 9.59 Å². The van der Waals surface area contributed by atoms with Crippen molar-refractivity contribution in [3.05, 3.63) is 81.9 Å². The Balaban J connectivity index is 0.000000300. The van der Waals surface area contributed by atoms with Gasteiger partial charge >= 0.3 is 11.9 Å². The van der Waals surface area contributed by atoms with E-state index in [1.54, 1.807) is 26.0 Å². The molecule has 0 fully saturated rings. The van der Waals surface area contributed by atoms with Gasteiger partial charge in [0, 0.05) is 11.1 Å². The first-order chi connectivity index (χ1) is 14.0. The summed E-state index contributed by atoms with van der Waals surface area (Å²) in [4.78, 5) is 21.2. The molecule has 0 aromatic heterocycles. The molecule has 0 unspecified atom stereocenters. The summed E-state index contributed by atoms with van der Waals surface area (Å²) in [7, 11) is 0. The normalized spacial score (nSPS) is 11.9. The van der Waals surface area contributed by atoms with Crippen molar-refractivity contribution in [1.29, 1.82) is 0 Å². The van der Waals surface area contributed by atoms with E-state index in [1.807, 2.05) is 48.5 Å². The molecule has 0 saturated carbocycles. The SMILES string of the molecule is C/C(=C\c1ccc(C(C)C)cc1)C(=O)O.C/C(=C\c1ccc(C(C)C)cc1)C(=O)O. The predicted molar refractivity (Wildman–Crippen MR) is 124 cm³/mol. The Morgan fingerprint density at radius 2 is 0.900 bits per heavy atom. The van der Waals surface area contributed by atoms with Gasteiger partial charge in [0.15, 0.2) is 0 Å². The van der Waals surface area contributed by atoms with E-state index in [0.29, 0.717) is 23.0 Å². The highest BCUT2D eigenvalue weighted by Crippen LogP contribution is 2.17. The summed E-state index contributed by atoms with van der Waals surface area (Å²) in [5, 5.41) is 17.4. The first-order valence-electron chi connectivity index (χ1n) is 10.0. The molecule has 30 heavy (non-hydrogen) atoms. The number of hydrogen-bond acceptors (Lipinski definition) is 2. The number of carboxylic acids is 2. The van der Waals surface area contributed by atoms with Gasteiger partial charge in [0.25, 0.3) is 0 Å². The molecule has 4 nitrogen and oxygen atoms in total. The van der Waals surface area contributed by atoms with Crippen LogP contribution in [0, 0.1) is 0 Å². The molecule has 0 saturated heterocycles. The molecular formula is C26H32O4. The molecule has 0 spiro atoms. The molecule has 0 atom stereocenters. The standard InChI is InChI=1S/2C13H16O2/c2*1-9(2)12-6-4-11(5-7-12)8-10(3)13(14)15/h2*4-9H,1-3H3,(H,14,15)/b2*10-8+. The number of rotatable bonds is 6. The zero-order valence-corrected chi connectivity index (χ0v) is 18.6. The van der Waals surface area contributed by atoms with Crippen LogP contribution in [0.1, 0.15) is 75.6 Å². The van der Waals surface area contributed by atoms with Gasteiger partial charge in [-0.15, -0.1) is 0 Å². The van der Waals surface area contributed by atoms with E-state index in [1.165, 1.54) is 11.1 Å². The van der Waals surface area contributed by atoms with Crippen molar-refractivity contribution < 1.29 is 19.8 Å². The van der Waals surface area contributed by atoms with Crippen LogP contribution in [0.3, 0.4) is 0 Å². The summed E-state index contributed by atoms with van der Waals surface area (Å²) < 4.78 is 0. The van der Waals surface area contributed by atoms with Crippen LogP contribution in [-0.4, -0.2) is 22.2 Å². The molecule has 4 heteroatoms. The maximum Gasteiger partial charge on any atom is 0.331 e. The smallest absolute Gasteiger partial charge is 0.331 e. The highest BCUT2D eigenvalue weighted by Gasteiger charge is 2.02.